The average Bonchev–Trinajstić information content (AvgIpc) is 2.88. The van der Waals surface area contributed by atoms with Crippen LogP contribution in [0.15, 0.2) is 42.5 Å². The molecule has 0 aromatic heterocycles. The molecule has 0 saturated heterocycles. The second-order valence-electron chi connectivity index (χ2n) is 4.82. The summed E-state index contributed by atoms with van der Waals surface area (Å²) in [6.45, 7) is 1.42. The number of alkyl halides is 1. The second-order valence-corrected chi connectivity index (χ2v) is 5.78. The molecule has 0 amide bonds. The Hall–Kier alpha value is -1.02. The van der Waals surface area contributed by atoms with Crippen molar-refractivity contribution in [3.05, 3.63) is 69.7 Å². The number of rotatable bonds is 3. The summed E-state index contributed by atoms with van der Waals surface area (Å²) in [7, 11) is 0. The molecule has 0 saturated carbocycles. The van der Waals surface area contributed by atoms with Crippen LogP contribution in [0.2, 0.25) is 5.02 Å². The highest BCUT2D eigenvalue weighted by Crippen LogP contribution is 2.29. The molecule has 0 radical (unpaired) electrons. The van der Waals surface area contributed by atoms with E-state index in [1.807, 2.05) is 24.3 Å². The fourth-order valence-electron chi connectivity index (χ4n) is 2.33. The van der Waals surface area contributed by atoms with Crippen molar-refractivity contribution >= 4 is 23.2 Å². The lowest BCUT2D eigenvalue weighted by Crippen LogP contribution is -1.97. The van der Waals surface area contributed by atoms with Crippen molar-refractivity contribution in [2.75, 3.05) is 0 Å². The molecule has 1 aliphatic rings. The zero-order valence-corrected chi connectivity index (χ0v) is 11.9. The fraction of sp³-hybridized carbons (Fsp3) is 0.250. The van der Waals surface area contributed by atoms with E-state index < -0.39 is 0 Å². The molecular weight excluding hydrogens is 279 g/mol. The van der Waals surface area contributed by atoms with E-state index >= 15 is 0 Å². The van der Waals surface area contributed by atoms with Crippen LogP contribution < -0.4 is 0 Å². The number of halogens is 2. The van der Waals surface area contributed by atoms with Gasteiger partial charge >= 0.3 is 0 Å². The van der Waals surface area contributed by atoms with Gasteiger partial charge in [0.1, 0.15) is 0 Å². The number of benzene rings is 2. The Bertz CT molecular complexity index is 578. The first kappa shape index (κ1) is 13.0. The Balaban J connectivity index is 1.76. The van der Waals surface area contributed by atoms with Gasteiger partial charge in [0, 0.05) is 5.02 Å². The summed E-state index contributed by atoms with van der Waals surface area (Å²) >= 11 is 12.4. The molecule has 3 heteroatoms. The predicted octanol–water partition coefficient (Wildman–Crippen LogP) is 4.89. The lowest BCUT2D eigenvalue weighted by Gasteiger charge is -2.11. The predicted molar refractivity (Wildman–Crippen MR) is 78.7 cm³/mol. The molecule has 0 fully saturated rings. The third kappa shape index (κ3) is 2.94. The maximum atomic E-state index is 6.51. The van der Waals surface area contributed by atoms with Gasteiger partial charge in [-0.25, -0.2) is 0 Å². The summed E-state index contributed by atoms with van der Waals surface area (Å²) in [5, 5.41) is 0.733. The van der Waals surface area contributed by atoms with Gasteiger partial charge in [-0.3, -0.25) is 0 Å². The third-order valence-electron chi connectivity index (χ3n) is 3.44. The molecule has 0 aliphatic carbocycles. The van der Waals surface area contributed by atoms with Gasteiger partial charge in [-0.05, 0) is 40.8 Å². The van der Waals surface area contributed by atoms with Crippen molar-refractivity contribution in [1.82, 2.24) is 0 Å². The van der Waals surface area contributed by atoms with E-state index in [2.05, 4.69) is 18.2 Å². The molecule has 0 bridgehead atoms. The van der Waals surface area contributed by atoms with E-state index in [-0.39, 0.29) is 5.38 Å². The summed E-state index contributed by atoms with van der Waals surface area (Å²) < 4.78 is 5.42. The van der Waals surface area contributed by atoms with Crippen molar-refractivity contribution in [3.63, 3.8) is 0 Å². The Morgan fingerprint density at radius 3 is 2.53 bits per heavy atom. The highest BCUT2D eigenvalue weighted by molar-refractivity contribution is 6.30. The van der Waals surface area contributed by atoms with Gasteiger partial charge in [0.15, 0.2) is 0 Å². The van der Waals surface area contributed by atoms with Crippen molar-refractivity contribution < 1.29 is 4.74 Å². The number of hydrogen-bond donors (Lipinski definition) is 0. The summed E-state index contributed by atoms with van der Waals surface area (Å²) in [6.07, 6.45) is 0.804. The van der Waals surface area contributed by atoms with Crippen LogP contribution in [-0.4, -0.2) is 0 Å². The Labute approximate surface area is 123 Å². The number of hydrogen-bond acceptors (Lipinski definition) is 1. The first-order valence-corrected chi connectivity index (χ1v) is 7.12. The van der Waals surface area contributed by atoms with Crippen molar-refractivity contribution in [2.24, 2.45) is 0 Å². The van der Waals surface area contributed by atoms with Gasteiger partial charge in [-0.1, -0.05) is 41.9 Å². The van der Waals surface area contributed by atoms with E-state index in [4.69, 9.17) is 27.9 Å². The Morgan fingerprint density at radius 1 is 1.00 bits per heavy atom. The summed E-state index contributed by atoms with van der Waals surface area (Å²) in [5.74, 6) is 0. The van der Waals surface area contributed by atoms with Crippen molar-refractivity contribution in [1.29, 1.82) is 0 Å². The maximum Gasteiger partial charge on any atom is 0.0725 e. The minimum Gasteiger partial charge on any atom is -0.372 e. The van der Waals surface area contributed by atoms with Gasteiger partial charge in [0.25, 0.3) is 0 Å². The highest BCUT2D eigenvalue weighted by atomic mass is 35.5. The Kier molecular flexibility index (Phi) is 3.79. The molecular formula is C16H14Cl2O. The van der Waals surface area contributed by atoms with E-state index in [0.717, 1.165) is 23.6 Å². The maximum absolute atomic E-state index is 6.51. The zero-order valence-electron chi connectivity index (χ0n) is 10.4. The SMILES string of the molecule is Clc1ccc(CC(Cl)c2ccc3c(c2)COC3)cc1. The molecule has 3 rings (SSSR count). The number of ether oxygens (including phenoxy) is 1. The lowest BCUT2D eigenvalue weighted by molar-refractivity contribution is 0.134. The highest BCUT2D eigenvalue weighted by Gasteiger charge is 2.15. The molecule has 1 atom stereocenters. The van der Waals surface area contributed by atoms with E-state index in [1.165, 1.54) is 16.7 Å². The Morgan fingerprint density at radius 2 is 1.74 bits per heavy atom. The smallest absolute Gasteiger partial charge is 0.0725 e. The quantitative estimate of drug-likeness (QED) is 0.732. The van der Waals surface area contributed by atoms with Crippen LogP contribution in [0, 0.1) is 0 Å². The monoisotopic (exact) mass is 292 g/mol. The molecule has 1 heterocycles. The molecule has 1 nitrogen and oxygen atoms in total. The zero-order chi connectivity index (χ0) is 13.2. The molecule has 0 N–H and O–H groups in total. The van der Waals surface area contributed by atoms with Crippen LogP contribution in [0.1, 0.15) is 27.6 Å². The van der Waals surface area contributed by atoms with Gasteiger partial charge in [0.2, 0.25) is 0 Å². The van der Waals surface area contributed by atoms with Crippen LogP contribution in [-0.2, 0) is 24.4 Å². The van der Waals surface area contributed by atoms with Crippen LogP contribution in [0.25, 0.3) is 0 Å². The fourth-order valence-corrected chi connectivity index (χ4v) is 2.77. The molecule has 0 spiro atoms. The topological polar surface area (TPSA) is 9.23 Å². The van der Waals surface area contributed by atoms with E-state index in [9.17, 15) is 0 Å². The summed E-state index contributed by atoms with van der Waals surface area (Å²) in [6, 6.07) is 14.2. The molecule has 2 aromatic carbocycles. The van der Waals surface area contributed by atoms with Crippen LogP contribution >= 0.6 is 23.2 Å². The average molecular weight is 293 g/mol. The van der Waals surface area contributed by atoms with Crippen molar-refractivity contribution in [2.45, 2.75) is 25.0 Å². The molecule has 1 aliphatic heterocycles. The molecule has 98 valence electrons. The largest absolute Gasteiger partial charge is 0.372 e. The first-order valence-electron chi connectivity index (χ1n) is 6.30. The summed E-state index contributed by atoms with van der Waals surface area (Å²) in [4.78, 5) is 0. The molecule has 19 heavy (non-hydrogen) atoms. The minimum atomic E-state index is -0.0212. The van der Waals surface area contributed by atoms with Crippen LogP contribution in [0.5, 0.6) is 0 Å². The van der Waals surface area contributed by atoms with Crippen molar-refractivity contribution in [3.8, 4) is 0 Å². The standard InChI is InChI=1S/C16H14Cl2O/c17-15-5-1-11(2-6-15)7-16(18)12-3-4-13-9-19-10-14(13)8-12/h1-6,8,16H,7,9-10H2. The van der Waals surface area contributed by atoms with E-state index in [0.29, 0.717) is 6.61 Å². The second kappa shape index (κ2) is 5.54. The van der Waals surface area contributed by atoms with Crippen LogP contribution in [0.3, 0.4) is 0 Å². The minimum absolute atomic E-state index is 0.0212. The van der Waals surface area contributed by atoms with Gasteiger partial charge in [-0.15, -0.1) is 11.6 Å². The third-order valence-corrected chi connectivity index (χ3v) is 4.09. The van der Waals surface area contributed by atoms with Gasteiger partial charge in [-0.2, -0.15) is 0 Å². The summed E-state index contributed by atoms with van der Waals surface area (Å²) in [5.41, 5.74) is 4.89. The lowest BCUT2D eigenvalue weighted by atomic mass is 10.00. The van der Waals surface area contributed by atoms with E-state index in [1.54, 1.807) is 0 Å². The number of fused-ring (bicyclic) bond motifs is 1. The molecule has 2 aromatic rings. The molecule has 1 unspecified atom stereocenters. The van der Waals surface area contributed by atoms with Gasteiger partial charge < -0.3 is 4.74 Å². The van der Waals surface area contributed by atoms with Crippen LogP contribution in [0.4, 0.5) is 0 Å². The first-order chi connectivity index (χ1) is 9.22. The normalized spacial score (nSPS) is 15.3. The van der Waals surface area contributed by atoms with Gasteiger partial charge in [0.05, 0.1) is 18.6 Å².